The van der Waals surface area contributed by atoms with E-state index in [1.54, 1.807) is 52.0 Å². The van der Waals surface area contributed by atoms with E-state index in [9.17, 15) is 13.2 Å². The van der Waals surface area contributed by atoms with Crippen molar-refractivity contribution in [2.45, 2.75) is 32.2 Å². The van der Waals surface area contributed by atoms with Gasteiger partial charge in [0.15, 0.2) is 0 Å². The van der Waals surface area contributed by atoms with Crippen molar-refractivity contribution >= 4 is 26.7 Å². The maximum atomic E-state index is 13.1. The number of hydrogen-bond acceptors (Lipinski definition) is 4. The Labute approximate surface area is 190 Å². The van der Waals surface area contributed by atoms with Crippen LogP contribution in [0.2, 0.25) is 0 Å². The standard InChI is InChI=1S/C25H30N2O4S/c1-6-27(7-2)32(29,30)24-16-22(10-8-18(24)3)25(28)26(4)17-19-9-11-21-15-23(31-5)13-12-20(21)14-19/h8-16H,6-7,17H2,1-5H3. The lowest BCUT2D eigenvalue weighted by atomic mass is 10.1. The molecule has 0 aliphatic carbocycles. The summed E-state index contributed by atoms with van der Waals surface area (Å²) in [6, 6.07) is 16.8. The van der Waals surface area contributed by atoms with Crippen LogP contribution in [0.25, 0.3) is 10.8 Å². The van der Waals surface area contributed by atoms with Crippen molar-refractivity contribution in [1.82, 2.24) is 9.21 Å². The zero-order chi connectivity index (χ0) is 23.5. The molecule has 0 heterocycles. The average molecular weight is 455 g/mol. The first-order valence-corrected chi connectivity index (χ1v) is 12.1. The predicted molar refractivity (Wildman–Crippen MR) is 128 cm³/mol. The molecule has 0 N–H and O–H groups in total. The van der Waals surface area contributed by atoms with E-state index >= 15 is 0 Å². The second-order valence-electron chi connectivity index (χ2n) is 7.78. The predicted octanol–water partition coefficient (Wildman–Crippen LogP) is 4.46. The smallest absolute Gasteiger partial charge is 0.253 e. The van der Waals surface area contributed by atoms with Gasteiger partial charge in [-0.3, -0.25) is 4.79 Å². The summed E-state index contributed by atoms with van der Waals surface area (Å²) in [5.41, 5.74) is 1.97. The molecule has 0 atom stereocenters. The number of aryl methyl sites for hydroxylation is 1. The number of methoxy groups -OCH3 is 1. The third-order valence-corrected chi connectivity index (χ3v) is 7.83. The first-order valence-electron chi connectivity index (χ1n) is 10.6. The van der Waals surface area contributed by atoms with Gasteiger partial charge in [-0.25, -0.2) is 8.42 Å². The van der Waals surface area contributed by atoms with Gasteiger partial charge in [0.2, 0.25) is 10.0 Å². The fourth-order valence-corrected chi connectivity index (χ4v) is 5.49. The molecule has 0 bridgehead atoms. The molecule has 3 aromatic carbocycles. The molecule has 1 amide bonds. The fraction of sp³-hybridized carbons (Fsp3) is 0.320. The second-order valence-corrected chi connectivity index (χ2v) is 9.68. The van der Waals surface area contributed by atoms with Crippen LogP contribution < -0.4 is 4.74 Å². The zero-order valence-electron chi connectivity index (χ0n) is 19.3. The number of sulfonamides is 1. The molecule has 0 saturated carbocycles. The van der Waals surface area contributed by atoms with Crippen molar-refractivity contribution in [3.63, 3.8) is 0 Å². The van der Waals surface area contributed by atoms with E-state index in [1.807, 2.05) is 36.4 Å². The summed E-state index contributed by atoms with van der Waals surface area (Å²) in [7, 11) is -0.290. The van der Waals surface area contributed by atoms with E-state index < -0.39 is 10.0 Å². The van der Waals surface area contributed by atoms with Crippen LogP contribution in [0.4, 0.5) is 0 Å². The molecule has 170 valence electrons. The van der Waals surface area contributed by atoms with Gasteiger partial charge in [-0.05, 0) is 59.2 Å². The van der Waals surface area contributed by atoms with E-state index in [2.05, 4.69) is 0 Å². The number of benzene rings is 3. The third-order valence-electron chi connectivity index (χ3n) is 5.64. The molecule has 6 nitrogen and oxygen atoms in total. The molecule has 0 unspecified atom stereocenters. The first-order chi connectivity index (χ1) is 15.2. The Morgan fingerprint density at radius 1 is 0.938 bits per heavy atom. The SMILES string of the molecule is CCN(CC)S(=O)(=O)c1cc(C(=O)N(C)Cc2ccc3cc(OC)ccc3c2)ccc1C. The van der Waals surface area contributed by atoms with Gasteiger partial charge in [-0.15, -0.1) is 0 Å². The van der Waals surface area contributed by atoms with E-state index in [0.717, 1.165) is 22.1 Å². The number of carbonyl (C=O) groups excluding carboxylic acids is 1. The normalized spacial score (nSPS) is 11.7. The number of ether oxygens (including phenoxy) is 1. The van der Waals surface area contributed by atoms with Gasteiger partial charge in [-0.1, -0.05) is 38.1 Å². The van der Waals surface area contributed by atoms with E-state index in [-0.39, 0.29) is 10.8 Å². The first kappa shape index (κ1) is 23.8. The highest BCUT2D eigenvalue weighted by Crippen LogP contribution is 2.24. The minimum absolute atomic E-state index is 0.181. The molecule has 32 heavy (non-hydrogen) atoms. The van der Waals surface area contributed by atoms with Crippen molar-refractivity contribution in [3.8, 4) is 5.75 Å². The van der Waals surface area contributed by atoms with Crippen LogP contribution in [0, 0.1) is 6.92 Å². The van der Waals surface area contributed by atoms with E-state index in [0.29, 0.717) is 30.8 Å². The van der Waals surface area contributed by atoms with Gasteiger partial charge < -0.3 is 9.64 Å². The van der Waals surface area contributed by atoms with E-state index in [4.69, 9.17) is 4.74 Å². The van der Waals surface area contributed by atoms with Crippen LogP contribution in [-0.2, 0) is 16.6 Å². The summed E-state index contributed by atoms with van der Waals surface area (Å²) in [5.74, 6) is 0.572. The number of hydrogen-bond donors (Lipinski definition) is 0. The number of nitrogens with zero attached hydrogens (tertiary/aromatic N) is 2. The number of amides is 1. The summed E-state index contributed by atoms with van der Waals surface area (Å²) in [4.78, 5) is 14.9. The molecule has 0 radical (unpaired) electrons. The van der Waals surface area contributed by atoms with E-state index in [1.165, 1.54) is 10.4 Å². The number of carbonyl (C=O) groups is 1. The highest BCUT2D eigenvalue weighted by atomic mass is 32.2. The maximum Gasteiger partial charge on any atom is 0.253 e. The molecule has 3 aromatic rings. The minimum atomic E-state index is -3.65. The zero-order valence-corrected chi connectivity index (χ0v) is 20.1. The van der Waals surface area contributed by atoms with Crippen LogP contribution in [0.1, 0.15) is 35.3 Å². The van der Waals surface area contributed by atoms with Crippen LogP contribution in [-0.4, -0.2) is 50.8 Å². The van der Waals surface area contributed by atoms with Crippen LogP contribution in [0.5, 0.6) is 5.75 Å². The summed E-state index contributed by atoms with van der Waals surface area (Å²) < 4.78 is 32.7. The summed E-state index contributed by atoms with van der Waals surface area (Å²) in [6.45, 7) is 6.53. The topological polar surface area (TPSA) is 66.9 Å². The monoisotopic (exact) mass is 454 g/mol. The van der Waals surface area contributed by atoms with Crippen LogP contribution in [0.15, 0.2) is 59.5 Å². The quantitative estimate of drug-likeness (QED) is 0.504. The Hall–Kier alpha value is -2.90. The highest BCUT2D eigenvalue weighted by Gasteiger charge is 2.25. The van der Waals surface area contributed by atoms with Crippen molar-refractivity contribution in [3.05, 3.63) is 71.3 Å². The van der Waals surface area contributed by atoms with Crippen molar-refractivity contribution in [2.24, 2.45) is 0 Å². The van der Waals surface area contributed by atoms with Gasteiger partial charge in [-0.2, -0.15) is 4.31 Å². The van der Waals surface area contributed by atoms with Gasteiger partial charge in [0.1, 0.15) is 5.75 Å². The molecule has 0 fully saturated rings. The highest BCUT2D eigenvalue weighted by molar-refractivity contribution is 7.89. The summed E-state index contributed by atoms with van der Waals surface area (Å²) in [6.07, 6.45) is 0. The lowest BCUT2D eigenvalue weighted by Crippen LogP contribution is -2.31. The maximum absolute atomic E-state index is 13.1. The Balaban J connectivity index is 1.85. The number of rotatable bonds is 8. The van der Waals surface area contributed by atoms with Gasteiger partial charge >= 0.3 is 0 Å². The summed E-state index contributed by atoms with van der Waals surface area (Å²) in [5, 5.41) is 2.12. The minimum Gasteiger partial charge on any atom is -0.497 e. The molecule has 0 aromatic heterocycles. The molecular formula is C25H30N2O4S. The Morgan fingerprint density at radius 3 is 2.25 bits per heavy atom. The van der Waals surface area contributed by atoms with Crippen LogP contribution >= 0.6 is 0 Å². The van der Waals surface area contributed by atoms with Crippen LogP contribution in [0.3, 0.4) is 0 Å². The molecule has 0 aliphatic rings. The van der Waals surface area contributed by atoms with Gasteiger partial charge in [0.05, 0.1) is 12.0 Å². The lowest BCUT2D eigenvalue weighted by molar-refractivity contribution is 0.0785. The molecule has 7 heteroatoms. The average Bonchev–Trinajstić information content (AvgIpc) is 2.79. The Bertz CT molecular complexity index is 1230. The fourth-order valence-electron chi connectivity index (χ4n) is 3.78. The number of fused-ring (bicyclic) bond motifs is 1. The molecule has 0 aliphatic heterocycles. The van der Waals surface area contributed by atoms with Crippen molar-refractivity contribution in [1.29, 1.82) is 0 Å². The largest absolute Gasteiger partial charge is 0.497 e. The molecule has 0 saturated heterocycles. The Kier molecular flexibility index (Phi) is 7.21. The van der Waals surface area contributed by atoms with Gasteiger partial charge in [0.25, 0.3) is 5.91 Å². The van der Waals surface area contributed by atoms with Crippen molar-refractivity contribution in [2.75, 3.05) is 27.2 Å². The van der Waals surface area contributed by atoms with Crippen molar-refractivity contribution < 1.29 is 17.9 Å². The molecular weight excluding hydrogens is 424 g/mol. The molecule has 0 spiro atoms. The lowest BCUT2D eigenvalue weighted by Gasteiger charge is -2.21. The molecule has 3 rings (SSSR count). The third kappa shape index (κ3) is 4.79. The summed E-state index contributed by atoms with van der Waals surface area (Å²) >= 11 is 0. The Morgan fingerprint density at radius 2 is 1.59 bits per heavy atom. The second kappa shape index (κ2) is 9.71. The van der Waals surface area contributed by atoms with Gasteiger partial charge in [0, 0.05) is 32.2 Å².